The molecular formula is C20H28ClF3IN5O. The molecular weight excluding hydrogens is 546 g/mol. The van der Waals surface area contributed by atoms with Crippen LogP contribution in [-0.2, 0) is 10.9 Å². The van der Waals surface area contributed by atoms with Crippen LogP contribution < -0.4 is 15.5 Å². The number of hydrogen-bond donors (Lipinski definition) is 2. The number of halogens is 5. The van der Waals surface area contributed by atoms with Crippen LogP contribution in [-0.4, -0.2) is 56.4 Å². The largest absolute Gasteiger partial charge is 0.417 e. The zero-order chi connectivity index (χ0) is 21.6. The van der Waals surface area contributed by atoms with Crippen molar-refractivity contribution < 1.29 is 17.9 Å². The Bertz CT molecular complexity index is 791. The molecule has 1 saturated heterocycles. The van der Waals surface area contributed by atoms with Crippen LogP contribution in [0.1, 0.15) is 31.7 Å². The minimum Gasteiger partial charge on any atom is -0.377 e. The molecule has 1 aromatic rings. The summed E-state index contributed by atoms with van der Waals surface area (Å²) in [6, 6.07) is 1.03. The van der Waals surface area contributed by atoms with Crippen molar-refractivity contribution in [1.29, 1.82) is 0 Å². The third-order valence-electron chi connectivity index (χ3n) is 5.08. The Balaban J connectivity index is 0.00000341. The number of rotatable bonds is 6. The maximum Gasteiger partial charge on any atom is 0.417 e. The fourth-order valence-corrected chi connectivity index (χ4v) is 3.79. The highest BCUT2D eigenvalue weighted by Gasteiger charge is 2.33. The Morgan fingerprint density at radius 3 is 2.87 bits per heavy atom. The standard InChI is InChI=1S/C20H27ClF3N5O.HI/c1-2-25-19(26-7-3-14-5-9-30-10-6-14)28-16-4-8-29(13-16)18-17(21)11-15(12-27-18)20(22,23)24;/h5,11-12,16H,2-4,6-10,13H2,1H3,(H2,25,26,28);1H. The molecule has 31 heavy (non-hydrogen) atoms. The number of hydrogen-bond acceptors (Lipinski definition) is 4. The van der Waals surface area contributed by atoms with Crippen LogP contribution in [0.25, 0.3) is 0 Å². The monoisotopic (exact) mass is 573 g/mol. The fraction of sp³-hybridized carbons (Fsp3) is 0.600. The number of anilines is 1. The molecule has 2 aliphatic heterocycles. The first-order valence-corrected chi connectivity index (χ1v) is 10.5. The van der Waals surface area contributed by atoms with E-state index in [1.54, 1.807) is 0 Å². The number of aliphatic imine (C=N–C) groups is 1. The number of ether oxygens (including phenoxy) is 1. The maximum absolute atomic E-state index is 12.8. The predicted molar refractivity (Wildman–Crippen MR) is 128 cm³/mol. The predicted octanol–water partition coefficient (Wildman–Crippen LogP) is 4.24. The zero-order valence-corrected chi connectivity index (χ0v) is 20.4. The topological polar surface area (TPSA) is 61.8 Å². The van der Waals surface area contributed by atoms with Gasteiger partial charge in [-0.3, -0.25) is 4.99 Å². The first kappa shape index (κ1) is 26.0. The minimum atomic E-state index is -4.46. The highest BCUT2D eigenvalue weighted by Crippen LogP contribution is 2.34. The van der Waals surface area contributed by atoms with Crippen LogP contribution in [0.4, 0.5) is 19.0 Å². The fourth-order valence-electron chi connectivity index (χ4n) is 3.51. The molecule has 0 aromatic carbocycles. The number of pyridine rings is 1. The first-order valence-electron chi connectivity index (χ1n) is 10.1. The molecule has 1 atom stereocenters. The lowest BCUT2D eigenvalue weighted by Crippen LogP contribution is -2.44. The second kappa shape index (κ2) is 12.1. The van der Waals surface area contributed by atoms with E-state index in [9.17, 15) is 13.2 Å². The van der Waals surface area contributed by atoms with Crippen molar-refractivity contribution >= 4 is 47.4 Å². The van der Waals surface area contributed by atoms with E-state index in [0.717, 1.165) is 50.6 Å². The molecule has 0 saturated carbocycles. The minimum absolute atomic E-state index is 0. The van der Waals surface area contributed by atoms with Crippen LogP contribution in [0.5, 0.6) is 0 Å². The van der Waals surface area contributed by atoms with Gasteiger partial charge >= 0.3 is 6.18 Å². The molecule has 1 unspecified atom stereocenters. The van der Waals surface area contributed by atoms with Gasteiger partial charge in [-0.2, -0.15) is 13.2 Å². The molecule has 0 spiro atoms. The second-order valence-corrected chi connectivity index (χ2v) is 7.71. The van der Waals surface area contributed by atoms with Gasteiger partial charge in [0.05, 0.1) is 23.8 Å². The Labute approximate surface area is 202 Å². The SMILES string of the molecule is CCNC(=NCCC1=CCOCC1)NC1CCN(c2ncc(C(F)(F)F)cc2Cl)C1.I. The molecule has 2 N–H and O–H groups in total. The summed E-state index contributed by atoms with van der Waals surface area (Å²) < 4.78 is 43.8. The van der Waals surface area contributed by atoms with Crippen LogP contribution in [0.2, 0.25) is 5.02 Å². The molecule has 11 heteroatoms. The number of guanidine groups is 1. The van der Waals surface area contributed by atoms with Crippen molar-refractivity contribution in [3.63, 3.8) is 0 Å². The summed E-state index contributed by atoms with van der Waals surface area (Å²) in [5, 5.41) is 6.67. The third kappa shape index (κ3) is 7.67. The molecule has 0 aliphatic carbocycles. The van der Waals surface area contributed by atoms with Crippen molar-refractivity contribution in [1.82, 2.24) is 15.6 Å². The van der Waals surface area contributed by atoms with E-state index in [2.05, 4.69) is 26.7 Å². The van der Waals surface area contributed by atoms with E-state index < -0.39 is 11.7 Å². The first-order chi connectivity index (χ1) is 14.4. The Hall–Kier alpha value is -1.27. The Morgan fingerprint density at radius 1 is 1.42 bits per heavy atom. The van der Waals surface area contributed by atoms with Gasteiger partial charge in [-0.1, -0.05) is 23.3 Å². The highest BCUT2D eigenvalue weighted by atomic mass is 127. The van der Waals surface area contributed by atoms with Crippen LogP contribution >= 0.6 is 35.6 Å². The molecule has 0 amide bonds. The van der Waals surface area contributed by atoms with Gasteiger partial charge in [0.15, 0.2) is 5.96 Å². The van der Waals surface area contributed by atoms with Gasteiger partial charge in [-0.25, -0.2) is 4.98 Å². The van der Waals surface area contributed by atoms with E-state index in [1.807, 2.05) is 11.8 Å². The van der Waals surface area contributed by atoms with Crippen LogP contribution in [0, 0.1) is 0 Å². The van der Waals surface area contributed by atoms with Gasteiger partial charge in [0.25, 0.3) is 0 Å². The van der Waals surface area contributed by atoms with Gasteiger partial charge in [-0.15, -0.1) is 24.0 Å². The summed E-state index contributed by atoms with van der Waals surface area (Å²) in [5.41, 5.74) is 0.530. The Kier molecular flexibility index (Phi) is 10.1. The number of nitrogens with zero attached hydrogens (tertiary/aromatic N) is 3. The summed E-state index contributed by atoms with van der Waals surface area (Å²) in [5.74, 6) is 1.12. The van der Waals surface area contributed by atoms with Gasteiger partial charge < -0.3 is 20.3 Å². The molecule has 3 rings (SSSR count). The zero-order valence-electron chi connectivity index (χ0n) is 17.3. The van der Waals surface area contributed by atoms with Crippen molar-refractivity contribution in [2.24, 2.45) is 4.99 Å². The second-order valence-electron chi connectivity index (χ2n) is 7.30. The molecule has 2 aliphatic rings. The van der Waals surface area contributed by atoms with Gasteiger partial charge in [0, 0.05) is 38.4 Å². The van der Waals surface area contributed by atoms with E-state index in [0.29, 0.717) is 32.1 Å². The lowest BCUT2D eigenvalue weighted by Gasteiger charge is -2.21. The number of aromatic nitrogens is 1. The highest BCUT2D eigenvalue weighted by molar-refractivity contribution is 14.0. The summed E-state index contributed by atoms with van der Waals surface area (Å²) in [4.78, 5) is 10.5. The lowest BCUT2D eigenvalue weighted by atomic mass is 10.1. The van der Waals surface area contributed by atoms with Crippen molar-refractivity contribution in [2.75, 3.05) is 44.3 Å². The van der Waals surface area contributed by atoms with Crippen LogP contribution in [0.15, 0.2) is 28.9 Å². The average Bonchev–Trinajstić information content (AvgIpc) is 3.16. The van der Waals surface area contributed by atoms with Crippen molar-refractivity contribution in [3.05, 3.63) is 34.5 Å². The molecule has 174 valence electrons. The lowest BCUT2D eigenvalue weighted by molar-refractivity contribution is -0.137. The van der Waals surface area contributed by atoms with Gasteiger partial charge in [-0.05, 0) is 32.3 Å². The third-order valence-corrected chi connectivity index (χ3v) is 5.36. The summed E-state index contributed by atoms with van der Waals surface area (Å²) in [7, 11) is 0. The Morgan fingerprint density at radius 2 is 2.23 bits per heavy atom. The average molecular weight is 574 g/mol. The van der Waals surface area contributed by atoms with E-state index in [1.165, 1.54) is 5.57 Å². The summed E-state index contributed by atoms with van der Waals surface area (Å²) in [6.07, 6.45) is 1.17. The van der Waals surface area contributed by atoms with E-state index >= 15 is 0 Å². The van der Waals surface area contributed by atoms with E-state index in [-0.39, 0.29) is 35.0 Å². The molecule has 1 fully saturated rings. The van der Waals surface area contributed by atoms with Crippen molar-refractivity contribution in [3.8, 4) is 0 Å². The van der Waals surface area contributed by atoms with E-state index in [4.69, 9.17) is 16.3 Å². The molecule has 1 aromatic heterocycles. The van der Waals surface area contributed by atoms with Gasteiger partial charge in [0.1, 0.15) is 5.82 Å². The summed E-state index contributed by atoms with van der Waals surface area (Å²) >= 11 is 6.09. The molecule has 0 bridgehead atoms. The summed E-state index contributed by atoms with van der Waals surface area (Å²) in [6.45, 7) is 6.12. The van der Waals surface area contributed by atoms with Crippen LogP contribution in [0.3, 0.4) is 0 Å². The quantitative estimate of drug-likeness (QED) is 0.231. The molecule has 3 heterocycles. The van der Waals surface area contributed by atoms with Crippen molar-refractivity contribution in [2.45, 2.75) is 38.4 Å². The maximum atomic E-state index is 12.8. The normalized spacial score (nSPS) is 19.6. The molecule has 6 nitrogen and oxygen atoms in total. The van der Waals surface area contributed by atoms with Gasteiger partial charge in [0.2, 0.25) is 0 Å². The smallest absolute Gasteiger partial charge is 0.377 e. The number of alkyl halides is 3. The number of nitrogens with one attached hydrogen (secondary N) is 2. The molecule has 0 radical (unpaired) electrons.